The number of carbonyl (C=O) groups excluding carboxylic acids is 2. The molecule has 1 unspecified atom stereocenters. The normalized spacial score (nSPS) is 22.4. The first-order chi connectivity index (χ1) is 19.3. The van der Waals surface area contributed by atoms with E-state index in [0.717, 1.165) is 5.56 Å². The molecule has 1 aromatic carbocycles. The van der Waals surface area contributed by atoms with E-state index in [2.05, 4.69) is 42.2 Å². The van der Waals surface area contributed by atoms with Crippen molar-refractivity contribution in [2.75, 3.05) is 18.6 Å². The van der Waals surface area contributed by atoms with Gasteiger partial charge in [0, 0.05) is 50.5 Å². The number of halogens is 2. The molecule has 1 aliphatic heterocycles. The van der Waals surface area contributed by atoms with Gasteiger partial charge in [-0.1, -0.05) is 32.9 Å². The summed E-state index contributed by atoms with van der Waals surface area (Å²) in [4.78, 5) is 40.1. The van der Waals surface area contributed by atoms with Gasteiger partial charge in [-0.2, -0.15) is 5.26 Å². The molecule has 1 N–H and O–H groups in total. The van der Waals surface area contributed by atoms with Crippen molar-refractivity contribution in [1.82, 2.24) is 20.2 Å². The highest BCUT2D eigenvalue weighted by Gasteiger charge is 2.51. The number of nitriles is 1. The Labute approximate surface area is 239 Å². The first kappa shape index (κ1) is 30.3. The van der Waals surface area contributed by atoms with E-state index in [9.17, 15) is 23.6 Å². The van der Waals surface area contributed by atoms with Crippen LogP contribution in [0.3, 0.4) is 0 Å². The zero-order chi connectivity index (χ0) is 30.0. The van der Waals surface area contributed by atoms with Crippen LogP contribution in [0.25, 0.3) is 0 Å². The Balaban J connectivity index is 1.82. The van der Waals surface area contributed by atoms with Crippen LogP contribution in [0.2, 0.25) is 0 Å². The Morgan fingerprint density at radius 3 is 2.34 bits per heavy atom. The van der Waals surface area contributed by atoms with Gasteiger partial charge in [-0.3, -0.25) is 29.4 Å². The first-order valence-electron chi connectivity index (χ1n) is 13.9. The van der Waals surface area contributed by atoms with Crippen molar-refractivity contribution in [1.29, 1.82) is 5.26 Å². The molecule has 0 radical (unpaired) electrons. The fraction of sp³-hybridized carbons (Fsp3) is 0.567. The summed E-state index contributed by atoms with van der Waals surface area (Å²) in [5.74, 6) is -3.80. The van der Waals surface area contributed by atoms with Crippen LogP contribution in [0.4, 0.5) is 14.5 Å². The average molecular weight is 569 g/mol. The second-order valence-corrected chi connectivity index (χ2v) is 12.1. The number of hydrogen-bond acceptors (Lipinski definition) is 7. The predicted molar refractivity (Wildman–Crippen MR) is 149 cm³/mol. The molecule has 2 fully saturated rings. The van der Waals surface area contributed by atoms with Crippen LogP contribution in [0, 0.1) is 11.5 Å². The lowest BCUT2D eigenvalue weighted by Crippen LogP contribution is -2.62. The van der Waals surface area contributed by atoms with Crippen LogP contribution in [0.1, 0.15) is 71.1 Å². The third kappa shape index (κ3) is 6.32. The zero-order valence-electron chi connectivity index (χ0n) is 24.2. The second kappa shape index (κ2) is 11.7. The van der Waals surface area contributed by atoms with Gasteiger partial charge in [0.1, 0.15) is 6.04 Å². The van der Waals surface area contributed by atoms with Crippen molar-refractivity contribution in [3.8, 4) is 6.19 Å². The fourth-order valence-corrected chi connectivity index (χ4v) is 5.57. The molecule has 2 heterocycles. The van der Waals surface area contributed by atoms with Crippen LogP contribution in [0.5, 0.6) is 0 Å². The quantitative estimate of drug-likeness (QED) is 0.496. The molecule has 220 valence electrons. The van der Waals surface area contributed by atoms with Gasteiger partial charge in [0.15, 0.2) is 11.7 Å². The van der Waals surface area contributed by atoms with Crippen LogP contribution < -0.4 is 10.2 Å². The molecule has 3 atom stereocenters. The number of nitrogens with one attached hydrogen (secondary N) is 1. The number of amides is 2. The van der Waals surface area contributed by atoms with Crippen LogP contribution in [0.15, 0.2) is 42.9 Å². The molecule has 1 saturated carbocycles. The van der Waals surface area contributed by atoms with Gasteiger partial charge in [0.25, 0.3) is 11.8 Å². The maximum Gasteiger partial charge on any atom is 0.252 e. The number of nitrogens with zero attached hydrogens (tertiary/aromatic N) is 5. The summed E-state index contributed by atoms with van der Waals surface area (Å²) in [6.45, 7) is 8.04. The van der Waals surface area contributed by atoms with Crippen molar-refractivity contribution in [3.05, 3.63) is 54.1 Å². The summed E-state index contributed by atoms with van der Waals surface area (Å²) >= 11 is 0. The van der Waals surface area contributed by atoms with Crippen molar-refractivity contribution in [2.24, 2.45) is 0 Å². The number of rotatable bonds is 7. The fourth-order valence-electron chi connectivity index (χ4n) is 5.57. The van der Waals surface area contributed by atoms with Gasteiger partial charge < -0.3 is 10.1 Å². The lowest BCUT2D eigenvalue weighted by Gasteiger charge is -2.42. The Kier molecular flexibility index (Phi) is 8.64. The topological polar surface area (TPSA) is 111 Å². The van der Waals surface area contributed by atoms with Crippen molar-refractivity contribution in [3.63, 3.8) is 0 Å². The smallest absolute Gasteiger partial charge is 0.252 e. The summed E-state index contributed by atoms with van der Waals surface area (Å²) in [6.07, 6.45) is 5.92. The van der Waals surface area contributed by atoms with Gasteiger partial charge in [-0.25, -0.2) is 8.78 Å². The van der Waals surface area contributed by atoms with E-state index in [4.69, 9.17) is 4.74 Å². The maximum atomic E-state index is 14.5. The minimum absolute atomic E-state index is 0.115. The standard InChI is InChI=1S/C30H38F2N6O3/c1-28(2,3)20-6-8-22(9-7-20)38(26(39)24-16-23(41-5)18-37(24)19-33)29(4,25-17-34-14-15-35-25)27(40)36-21-10-12-30(31,32)13-11-21/h6-9,14-15,17,21,23-24H,10-13,16,18H2,1-5H3,(H,36,40)/t23-,24-,29?/m1/s1. The number of methoxy groups -OCH3 is 1. The van der Waals surface area contributed by atoms with Crippen LogP contribution >= 0.6 is 0 Å². The minimum Gasteiger partial charge on any atom is -0.379 e. The molecule has 2 amide bonds. The Morgan fingerprint density at radius 2 is 1.80 bits per heavy atom. The molecule has 2 aliphatic rings. The Bertz CT molecular complexity index is 1270. The number of hydrogen-bond donors (Lipinski definition) is 1. The highest BCUT2D eigenvalue weighted by Crippen LogP contribution is 2.38. The molecule has 9 nitrogen and oxygen atoms in total. The van der Waals surface area contributed by atoms with Crippen molar-refractivity contribution in [2.45, 2.75) is 94.9 Å². The number of carbonyl (C=O) groups is 2. The van der Waals surface area contributed by atoms with Crippen molar-refractivity contribution >= 4 is 17.5 Å². The number of ether oxygens (including phenoxy) is 1. The molecular weight excluding hydrogens is 530 g/mol. The van der Waals surface area contributed by atoms with Crippen LogP contribution in [-0.2, 0) is 25.3 Å². The molecule has 1 saturated heterocycles. The third-order valence-electron chi connectivity index (χ3n) is 8.23. The third-order valence-corrected chi connectivity index (χ3v) is 8.23. The molecule has 41 heavy (non-hydrogen) atoms. The molecular formula is C30H38F2N6O3. The number of aromatic nitrogens is 2. The maximum absolute atomic E-state index is 14.5. The van der Waals surface area contributed by atoms with Crippen LogP contribution in [-0.4, -0.2) is 64.4 Å². The monoisotopic (exact) mass is 568 g/mol. The average Bonchev–Trinajstić information content (AvgIpc) is 3.38. The van der Waals surface area contributed by atoms with Gasteiger partial charge in [-0.05, 0) is 42.9 Å². The van der Waals surface area contributed by atoms with E-state index in [1.807, 2.05) is 12.1 Å². The lowest BCUT2D eigenvalue weighted by atomic mass is 9.86. The SMILES string of the molecule is CO[C@@H]1C[C@H](C(=O)N(c2ccc(C(C)(C)C)cc2)C(C)(C(=O)NC2CCC(F)(F)CC2)c2cnccn2)N(C#N)C1. The number of alkyl halides is 2. The molecule has 0 bridgehead atoms. The zero-order valence-corrected chi connectivity index (χ0v) is 24.2. The molecule has 2 aromatic rings. The van der Waals surface area contributed by atoms with E-state index >= 15 is 0 Å². The Hall–Kier alpha value is -3.65. The highest BCUT2D eigenvalue weighted by atomic mass is 19.3. The number of benzene rings is 1. The van der Waals surface area contributed by atoms with E-state index in [1.165, 1.54) is 35.5 Å². The number of anilines is 1. The van der Waals surface area contributed by atoms with Gasteiger partial charge in [0.05, 0.1) is 24.5 Å². The molecule has 11 heteroatoms. The molecule has 1 aliphatic carbocycles. The minimum atomic E-state index is -2.76. The van der Waals surface area contributed by atoms with E-state index in [1.54, 1.807) is 19.1 Å². The van der Waals surface area contributed by atoms with E-state index in [-0.39, 0.29) is 55.9 Å². The van der Waals surface area contributed by atoms with E-state index < -0.39 is 35.4 Å². The molecule has 1 aromatic heterocycles. The summed E-state index contributed by atoms with van der Waals surface area (Å²) in [6, 6.07) is 6.00. The summed E-state index contributed by atoms with van der Waals surface area (Å²) in [5.41, 5.74) is -0.212. The van der Waals surface area contributed by atoms with Gasteiger partial charge in [0.2, 0.25) is 5.92 Å². The lowest BCUT2D eigenvalue weighted by molar-refractivity contribution is -0.133. The second-order valence-electron chi connectivity index (χ2n) is 12.1. The summed E-state index contributed by atoms with van der Waals surface area (Å²) in [5, 5.41) is 12.8. The van der Waals surface area contributed by atoms with Crippen molar-refractivity contribution < 1.29 is 23.1 Å². The molecule has 4 rings (SSSR count). The largest absolute Gasteiger partial charge is 0.379 e. The highest BCUT2D eigenvalue weighted by molar-refractivity contribution is 6.06. The Morgan fingerprint density at radius 1 is 1.15 bits per heavy atom. The first-order valence-corrected chi connectivity index (χ1v) is 13.9. The summed E-state index contributed by atoms with van der Waals surface area (Å²) in [7, 11) is 1.53. The van der Waals surface area contributed by atoms with E-state index in [0.29, 0.717) is 5.69 Å². The molecule has 0 spiro atoms. The van der Waals surface area contributed by atoms with Gasteiger partial charge in [-0.15, -0.1) is 0 Å². The summed E-state index contributed by atoms with van der Waals surface area (Å²) < 4.78 is 33.2. The predicted octanol–water partition coefficient (Wildman–Crippen LogP) is 4.29. The van der Waals surface area contributed by atoms with Gasteiger partial charge >= 0.3 is 0 Å². The number of likely N-dealkylation sites (tertiary alicyclic amines) is 1.